The molecule has 0 bridgehead atoms. The van der Waals surface area contributed by atoms with E-state index in [9.17, 15) is 9.36 Å². The molecule has 0 N–H and O–H groups in total. The highest BCUT2D eigenvalue weighted by molar-refractivity contribution is 7.55. The summed E-state index contributed by atoms with van der Waals surface area (Å²) in [5, 5.41) is 0. The lowest BCUT2D eigenvalue weighted by Crippen LogP contribution is -2.32. The maximum Gasteiger partial charge on any atom is 0.375 e. The van der Waals surface area contributed by atoms with Crippen molar-refractivity contribution in [2.45, 2.75) is 43.3 Å². The van der Waals surface area contributed by atoms with Gasteiger partial charge in [-0.1, -0.05) is 48.7 Å². The Balaban J connectivity index is 5.22. The second-order valence-corrected chi connectivity index (χ2v) is 8.14. The molecule has 0 aromatic carbocycles. The molecule has 9 heteroatoms. The maximum atomic E-state index is 12.6. The second kappa shape index (κ2) is 8.71. The summed E-state index contributed by atoms with van der Waals surface area (Å²) >= 11 is 17.1. The van der Waals surface area contributed by atoms with Crippen molar-refractivity contribution >= 4 is 48.4 Å². The van der Waals surface area contributed by atoms with Crippen molar-refractivity contribution in [3.8, 4) is 0 Å². The summed E-state index contributed by atoms with van der Waals surface area (Å²) in [5.74, 6) is -2.34. The summed E-state index contributed by atoms with van der Waals surface area (Å²) < 4.78 is 25.7. The van der Waals surface area contributed by atoms with E-state index in [0.29, 0.717) is 12.8 Å². The third kappa shape index (κ3) is 7.16. The number of esters is 1. The third-order valence-corrected chi connectivity index (χ3v) is 5.00. The Labute approximate surface area is 128 Å². The van der Waals surface area contributed by atoms with Gasteiger partial charge in [0.1, 0.15) is 0 Å². The van der Waals surface area contributed by atoms with Crippen molar-refractivity contribution in [1.29, 1.82) is 0 Å². The lowest BCUT2D eigenvalue weighted by Gasteiger charge is -2.30. The minimum Gasteiger partial charge on any atom is -0.445 e. The smallest absolute Gasteiger partial charge is 0.375 e. The summed E-state index contributed by atoms with van der Waals surface area (Å²) in [5.41, 5.74) is 0. The summed E-state index contributed by atoms with van der Waals surface area (Å²) in [6, 6.07) is 0. The molecule has 5 nitrogen and oxygen atoms in total. The highest BCUT2D eigenvalue weighted by Gasteiger charge is 2.51. The number of rotatable bonds is 8. The van der Waals surface area contributed by atoms with Gasteiger partial charge in [0, 0.05) is 6.92 Å². The van der Waals surface area contributed by atoms with Crippen molar-refractivity contribution < 1.29 is 23.1 Å². The number of ether oxygens (including phenoxy) is 1. The topological polar surface area (TPSA) is 61.8 Å². The SMILES string of the molecule is CCCOP(=O)(OCCC)C(OC(C)=O)C(Cl)(Cl)Cl. The van der Waals surface area contributed by atoms with E-state index in [2.05, 4.69) is 0 Å². The summed E-state index contributed by atoms with van der Waals surface area (Å²) in [6.45, 7) is 5.03. The molecule has 0 aromatic rings. The van der Waals surface area contributed by atoms with E-state index in [-0.39, 0.29) is 13.2 Å². The molecule has 19 heavy (non-hydrogen) atoms. The molecule has 0 spiro atoms. The van der Waals surface area contributed by atoms with Gasteiger partial charge in [0.25, 0.3) is 0 Å². The van der Waals surface area contributed by atoms with Gasteiger partial charge < -0.3 is 13.8 Å². The van der Waals surface area contributed by atoms with Gasteiger partial charge in [-0.25, -0.2) is 0 Å². The minimum absolute atomic E-state index is 0.138. The summed E-state index contributed by atoms with van der Waals surface area (Å²) in [4.78, 5) is 11.1. The Morgan fingerprint density at radius 1 is 1.16 bits per heavy atom. The predicted octanol–water partition coefficient (Wildman–Crippen LogP) is 4.29. The van der Waals surface area contributed by atoms with E-state index in [1.54, 1.807) is 0 Å². The van der Waals surface area contributed by atoms with E-state index < -0.39 is 23.2 Å². The first kappa shape index (κ1) is 19.5. The van der Waals surface area contributed by atoms with Crippen LogP contribution in [0, 0.1) is 0 Å². The highest BCUT2D eigenvalue weighted by atomic mass is 35.6. The first-order chi connectivity index (χ1) is 8.67. The molecule has 0 saturated heterocycles. The predicted molar refractivity (Wildman–Crippen MR) is 75.9 cm³/mol. The van der Waals surface area contributed by atoms with Crippen LogP contribution in [0.25, 0.3) is 0 Å². The van der Waals surface area contributed by atoms with Crippen molar-refractivity contribution in [2.24, 2.45) is 0 Å². The number of alkyl halides is 3. The zero-order valence-corrected chi connectivity index (χ0v) is 14.2. The van der Waals surface area contributed by atoms with E-state index >= 15 is 0 Å². The van der Waals surface area contributed by atoms with Gasteiger partial charge in [-0.15, -0.1) is 0 Å². The Kier molecular flexibility index (Phi) is 8.93. The Hall–Kier alpha value is 0.490. The van der Waals surface area contributed by atoms with Crippen molar-refractivity contribution in [1.82, 2.24) is 0 Å². The summed E-state index contributed by atoms with van der Waals surface area (Å²) in [6.07, 6.45) is 1.18. The van der Waals surface area contributed by atoms with Crippen LogP contribution in [-0.2, 0) is 23.1 Å². The normalized spacial score (nSPS) is 14.2. The van der Waals surface area contributed by atoms with E-state index in [1.165, 1.54) is 0 Å². The number of carbonyl (C=O) groups excluding carboxylic acids is 1. The molecule has 0 rings (SSSR count). The van der Waals surface area contributed by atoms with Gasteiger partial charge in [0.2, 0.25) is 9.64 Å². The van der Waals surface area contributed by atoms with Gasteiger partial charge in [0.15, 0.2) is 0 Å². The molecule has 0 aliphatic rings. The first-order valence-corrected chi connectivity index (χ1v) is 8.54. The molecule has 0 amide bonds. The van der Waals surface area contributed by atoms with Crippen LogP contribution in [0.2, 0.25) is 0 Å². The average molecular weight is 356 g/mol. The highest BCUT2D eigenvalue weighted by Crippen LogP contribution is 2.60. The third-order valence-electron chi connectivity index (χ3n) is 1.80. The number of hydrogen-bond donors (Lipinski definition) is 0. The van der Waals surface area contributed by atoms with Crippen molar-refractivity contribution in [3.63, 3.8) is 0 Å². The standard InChI is InChI=1S/C10H18Cl3O5P/c1-4-6-16-19(15,17-7-5-2)9(10(11,12)13)18-8(3)14/h9H,4-7H2,1-3H3. The molecular weight excluding hydrogens is 337 g/mol. The maximum absolute atomic E-state index is 12.6. The fourth-order valence-electron chi connectivity index (χ4n) is 1.08. The van der Waals surface area contributed by atoms with Crippen LogP contribution in [0.5, 0.6) is 0 Å². The van der Waals surface area contributed by atoms with Crippen LogP contribution >= 0.6 is 42.4 Å². The Morgan fingerprint density at radius 3 is 1.84 bits per heavy atom. The molecule has 0 fully saturated rings. The fraction of sp³-hybridized carbons (Fsp3) is 0.900. The van der Waals surface area contributed by atoms with Crippen LogP contribution in [0.1, 0.15) is 33.6 Å². The van der Waals surface area contributed by atoms with E-state index in [4.69, 9.17) is 48.6 Å². The number of carbonyl (C=O) groups is 1. The number of hydrogen-bond acceptors (Lipinski definition) is 5. The van der Waals surface area contributed by atoms with Crippen molar-refractivity contribution in [2.75, 3.05) is 13.2 Å². The molecule has 1 atom stereocenters. The van der Waals surface area contributed by atoms with Crippen LogP contribution in [0.4, 0.5) is 0 Å². The monoisotopic (exact) mass is 354 g/mol. The largest absolute Gasteiger partial charge is 0.445 e. The molecule has 0 saturated carbocycles. The fourth-order valence-corrected chi connectivity index (χ4v) is 4.14. The van der Waals surface area contributed by atoms with Crippen molar-refractivity contribution in [3.05, 3.63) is 0 Å². The van der Waals surface area contributed by atoms with Gasteiger partial charge in [0.05, 0.1) is 13.2 Å². The Bertz CT molecular complexity index is 320. The van der Waals surface area contributed by atoms with Crippen LogP contribution < -0.4 is 0 Å². The van der Waals surface area contributed by atoms with Gasteiger partial charge in [-0.05, 0) is 12.8 Å². The molecule has 0 aliphatic carbocycles. The lowest BCUT2D eigenvalue weighted by molar-refractivity contribution is -0.143. The van der Waals surface area contributed by atoms with E-state index in [1.807, 2.05) is 13.8 Å². The minimum atomic E-state index is -3.88. The summed E-state index contributed by atoms with van der Waals surface area (Å²) in [7, 11) is -3.88. The molecule has 0 radical (unpaired) electrons. The van der Waals surface area contributed by atoms with Crippen LogP contribution in [0.3, 0.4) is 0 Å². The van der Waals surface area contributed by atoms with Crippen LogP contribution in [-0.4, -0.2) is 28.8 Å². The Morgan fingerprint density at radius 2 is 1.58 bits per heavy atom. The molecule has 1 unspecified atom stereocenters. The molecule has 0 aliphatic heterocycles. The van der Waals surface area contributed by atoms with E-state index in [0.717, 1.165) is 6.92 Å². The molecule has 0 heterocycles. The van der Waals surface area contributed by atoms with Crippen LogP contribution in [0.15, 0.2) is 0 Å². The zero-order chi connectivity index (χ0) is 15.1. The van der Waals surface area contributed by atoms with Gasteiger partial charge >= 0.3 is 13.6 Å². The molecular formula is C10H18Cl3O5P. The second-order valence-electron chi connectivity index (χ2n) is 3.71. The molecule has 114 valence electrons. The van der Waals surface area contributed by atoms with Gasteiger partial charge in [-0.2, -0.15) is 0 Å². The first-order valence-electron chi connectivity index (χ1n) is 5.80. The molecule has 0 aromatic heterocycles. The number of halogens is 3. The van der Waals surface area contributed by atoms with Gasteiger partial charge in [-0.3, -0.25) is 9.36 Å². The lowest BCUT2D eigenvalue weighted by atomic mass is 10.5. The average Bonchev–Trinajstić information content (AvgIpc) is 2.29. The quantitative estimate of drug-likeness (QED) is 0.369. The zero-order valence-electron chi connectivity index (χ0n) is 11.0.